The minimum atomic E-state index is 0.231. The Morgan fingerprint density at radius 3 is 2.72 bits per heavy atom. The summed E-state index contributed by atoms with van der Waals surface area (Å²) in [6.45, 7) is 2.60. The lowest BCUT2D eigenvalue weighted by Crippen LogP contribution is -2.46. The Bertz CT molecular complexity index is 389. The van der Waals surface area contributed by atoms with E-state index in [0.29, 0.717) is 12.6 Å². The molecule has 2 rings (SSSR count). The lowest BCUT2D eigenvalue weighted by molar-refractivity contribution is 0.0852. The second-order valence-corrected chi connectivity index (χ2v) is 5.28. The first kappa shape index (κ1) is 13.2. The largest absolute Gasteiger partial charge is 0.305 e. The molecule has 0 spiro atoms. The van der Waals surface area contributed by atoms with E-state index in [1.54, 1.807) is 0 Å². The summed E-state index contributed by atoms with van der Waals surface area (Å²) in [5.41, 5.74) is 0.824. The highest BCUT2D eigenvalue weighted by atomic mass is 16.1. The van der Waals surface area contributed by atoms with E-state index in [9.17, 15) is 4.79 Å². The summed E-state index contributed by atoms with van der Waals surface area (Å²) in [7, 11) is 4.24. The van der Waals surface area contributed by atoms with Crippen LogP contribution < -0.4 is 0 Å². The molecule has 0 bridgehead atoms. The van der Waals surface area contributed by atoms with Gasteiger partial charge in [-0.3, -0.25) is 9.69 Å². The van der Waals surface area contributed by atoms with E-state index in [1.165, 1.54) is 12.8 Å². The monoisotopic (exact) mass is 246 g/mol. The van der Waals surface area contributed by atoms with Gasteiger partial charge in [-0.25, -0.2) is 0 Å². The fourth-order valence-electron chi connectivity index (χ4n) is 2.51. The van der Waals surface area contributed by atoms with Gasteiger partial charge < -0.3 is 4.90 Å². The van der Waals surface area contributed by atoms with Crippen molar-refractivity contribution in [2.45, 2.75) is 18.9 Å². The van der Waals surface area contributed by atoms with Gasteiger partial charge in [-0.05, 0) is 33.5 Å². The SMILES string of the molecule is CN(C)C1CCCN(CC(=O)c2ccccc2)C1. The van der Waals surface area contributed by atoms with E-state index in [2.05, 4.69) is 23.9 Å². The Kier molecular flexibility index (Phi) is 4.50. The molecule has 18 heavy (non-hydrogen) atoms. The summed E-state index contributed by atoms with van der Waals surface area (Å²) in [4.78, 5) is 16.7. The van der Waals surface area contributed by atoms with Crippen LogP contribution in [0.5, 0.6) is 0 Å². The van der Waals surface area contributed by atoms with E-state index in [4.69, 9.17) is 0 Å². The lowest BCUT2D eigenvalue weighted by atomic mass is 10.0. The smallest absolute Gasteiger partial charge is 0.176 e. The molecule has 1 fully saturated rings. The minimum Gasteiger partial charge on any atom is -0.305 e. The molecule has 1 saturated heterocycles. The van der Waals surface area contributed by atoms with Crippen molar-refractivity contribution in [3.8, 4) is 0 Å². The predicted octanol–water partition coefficient (Wildman–Crippen LogP) is 1.90. The number of Topliss-reactive ketones (excluding diaryl/α,β-unsaturated/α-hetero) is 1. The van der Waals surface area contributed by atoms with Gasteiger partial charge in [-0.2, -0.15) is 0 Å². The summed E-state index contributed by atoms with van der Waals surface area (Å²) < 4.78 is 0. The summed E-state index contributed by atoms with van der Waals surface area (Å²) in [5, 5.41) is 0. The Balaban J connectivity index is 1.91. The molecule has 0 aromatic heterocycles. The maximum atomic E-state index is 12.1. The molecule has 1 aromatic rings. The van der Waals surface area contributed by atoms with Gasteiger partial charge in [0.2, 0.25) is 0 Å². The van der Waals surface area contributed by atoms with Gasteiger partial charge in [0.1, 0.15) is 0 Å². The van der Waals surface area contributed by atoms with Gasteiger partial charge >= 0.3 is 0 Å². The van der Waals surface area contributed by atoms with Crippen molar-refractivity contribution >= 4 is 5.78 Å². The molecule has 0 N–H and O–H groups in total. The fraction of sp³-hybridized carbons (Fsp3) is 0.533. The van der Waals surface area contributed by atoms with Crippen LogP contribution in [-0.2, 0) is 0 Å². The van der Waals surface area contributed by atoms with Gasteiger partial charge in [0.05, 0.1) is 6.54 Å². The lowest BCUT2D eigenvalue weighted by Gasteiger charge is -2.35. The molecule has 0 amide bonds. The average Bonchev–Trinajstić information content (AvgIpc) is 2.40. The number of rotatable bonds is 4. The number of benzene rings is 1. The zero-order chi connectivity index (χ0) is 13.0. The normalized spacial score (nSPS) is 21.2. The Morgan fingerprint density at radius 2 is 2.06 bits per heavy atom. The quantitative estimate of drug-likeness (QED) is 0.758. The number of nitrogens with zero attached hydrogens (tertiary/aromatic N) is 2. The van der Waals surface area contributed by atoms with E-state index < -0.39 is 0 Å². The van der Waals surface area contributed by atoms with Gasteiger partial charge in [0.25, 0.3) is 0 Å². The number of hydrogen-bond donors (Lipinski definition) is 0. The zero-order valence-corrected chi connectivity index (χ0v) is 11.3. The summed E-state index contributed by atoms with van der Waals surface area (Å²) in [6, 6.07) is 10.2. The van der Waals surface area contributed by atoms with Crippen LogP contribution in [0.4, 0.5) is 0 Å². The molecule has 0 saturated carbocycles. The highest BCUT2D eigenvalue weighted by molar-refractivity contribution is 5.97. The summed E-state index contributed by atoms with van der Waals surface area (Å²) in [6.07, 6.45) is 2.42. The molecule has 0 aliphatic carbocycles. The van der Waals surface area contributed by atoms with Crippen molar-refractivity contribution in [2.24, 2.45) is 0 Å². The molecule has 0 radical (unpaired) electrons. The van der Waals surface area contributed by atoms with Crippen LogP contribution >= 0.6 is 0 Å². The number of carbonyl (C=O) groups is 1. The van der Waals surface area contributed by atoms with Gasteiger partial charge in [0, 0.05) is 18.2 Å². The Hall–Kier alpha value is -1.19. The van der Waals surface area contributed by atoms with Crippen molar-refractivity contribution in [3.05, 3.63) is 35.9 Å². The first-order chi connectivity index (χ1) is 8.66. The van der Waals surface area contributed by atoms with Crippen LogP contribution in [0.15, 0.2) is 30.3 Å². The highest BCUT2D eigenvalue weighted by Gasteiger charge is 2.22. The van der Waals surface area contributed by atoms with Crippen molar-refractivity contribution in [2.75, 3.05) is 33.7 Å². The third-order valence-corrected chi connectivity index (χ3v) is 3.67. The molecule has 3 nitrogen and oxygen atoms in total. The van der Waals surface area contributed by atoms with Crippen LogP contribution in [0.1, 0.15) is 23.2 Å². The highest BCUT2D eigenvalue weighted by Crippen LogP contribution is 2.14. The van der Waals surface area contributed by atoms with Crippen LogP contribution in [0, 0.1) is 0 Å². The Labute approximate surface area is 109 Å². The van der Waals surface area contributed by atoms with Crippen molar-refractivity contribution in [1.29, 1.82) is 0 Å². The number of carbonyl (C=O) groups excluding carboxylic acids is 1. The van der Waals surface area contributed by atoms with Crippen LogP contribution in [0.2, 0.25) is 0 Å². The standard InChI is InChI=1S/C15H22N2O/c1-16(2)14-9-6-10-17(11-14)12-15(18)13-7-4-3-5-8-13/h3-5,7-8,14H,6,9-12H2,1-2H3. The molecule has 1 heterocycles. The van der Waals surface area contributed by atoms with E-state index in [1.807, 2.05) is 30.3 Å². The van der Waals surface area contributed by atoms with Crippen LogP contribution in [-0.4, -0.2) is 55.4 Å². The second-order valence-electron chi connectivity index (χ2n) is 5.28. The number of likely N-dealkylation sites (N-methyl/N-ethyl adjacent to an activating group) is 1. The minimum absolute atomic E-state index is 0.231. The zero-order valence-electron chi connectivity index (χ0n) is 11.3. The number of piperidine rings is 1. The summed E-state index contributed by atoms with van der Waals surface area (Å²) >= 11 is 0. The molecule has 98 valence electrons. The van der Waals surface area contributed by atoms with E-state index >= 15 is 0 Å². The van der Waals surface area contributed by atoms with E-state index in [0.717, 1.165) is 18.7 Å². The van der Waals surface area contributed by atoms with Gasteiger partial charge in [0.15, 0.2) is 5.78 Å². The number of likely N-dealkylation sites (tertiary alicyclic amines) is 1. The summed E-state index contributed by atoms with van der Waals surface area (Å²) in [5.74, 6) is 0.231. The molecule has 1 aromatic carbocycles. The molecular formula is C15H22N2O. The van der Waals surface area contributed by atoms with E-state index in [-0.39, 0.29) is 5.78 Å². The maximum absolute atomic E-state index is 12.1. The fourth-order valence-corrected chi connectivity index (χ4v) is 2.51. The van der Waals surface area contributed by atoms with Gasteiger partial charge in [-0.15, -0.1) is 0 Å². The Morgan fingerprint density at radius 1 is 1.33 bits per heavy atom. The average molecular weight is 246 g/mol. The first-order valence-electron chi connectivity index (χ1n) is 6.64. The molecule has 1 unspecified atom stereocenters. The van der Waals surface area contributed by atoms with Gasteiger partial charge in [-0.1, -0.05) is 30.3 Å². The topological polar surface area (TPSA) is 23.6 Å². The number of hydrogen-bond acceptors (Lipinski definition) is 3. The molecular weight excluding hydrogens is 224 g/mol. The van der Waals surface area contributed by atoms with Crippen molar-refractivity contribution < 1.29 is 4.79 Å². The van der Waals surface area contributed by atoms with Crippen LogP contribution in [0.3, 0.4) is 0 Å². The molecule has 3 heteroatoms. The maximum Gasteiger partial charge on any atom is 0.176 e. The first-order valence-corrected chi connectivity index (χ1v) is 6.64. The third kappa shape index (κ3) is 3.40. The van der Waals surface area contributed by atoms with Crippen molar-refractivity contribution in [1.82, 2.24) is 9.80 Å². The number of ketones is 1. The van der Waals surface area contributed by atoms with Crippen molar-refractivity contribution in [3.63, 3.8) is 0 Å². The third-order valence-electron chi connectivity index (χ3n) is 3.67. The molecule has 1 atom stereocenters. The molecule has 1 aliphatic rings. The second kappa shape index (κ2) is 6.12. The predicted molar refractivity (Wildman–Crippen MR) is 73.9 cm³/mol. The molecule has 1 aliphatic heterocycles. The van der Waals surface area contributed by atoms with Crippen LogP contribution in [0.25, 0.3) is 0 Å².